The molecule has 2 aliphatic heterocycles. The van der Waals surface area contributed by atoms with E-state index in [1.54, 1.807) is 19.2 Å². The smallest absolute Gasteiger partial charge is 0.270 e. The van der Waals surface area contributed by atoms with Crippen molar-refractivity contribution >= 4 is 33.1 Å². The van der Waals surface area contributed by atoms with E-state index in [1.807, 2.05) is 6.07 Å². The molecule has 0 spiro atoms. The number of pyridine rings is 1. The van der Waals surface area contributed by atoms with Gasteiger partial charge in [-0.15, -0.1) is 11.3 Å². The lowest BCUT2D eigenvalue weighted by molar-refractivity contribution is 0.0919. The van der Waals surface area contributed by atoms with Gasteiger partial charge in [-0.3, -0.25) is 14.6 Å². The lowest BCUT2D eigenvalue weighted by atomic mass is 10.00. The normalized spacial score (nSPS) is 26.5. The van der Waals surface area contributed by atoms with E-state index in [0.717, 1.165) is 29.7 Å². The number of nitrogens with one attached hydrogen (secondary N) is 1. The van der Waals surface area contributed by atoms with Gasteiger partial charge in [0.15, 0.2) is 5.78 Å². The monoisotopic (exact) mass is 315 g/mol. The van der Waals surface area contributed by atoms with Crippen LogP contribution in [0.2, 0.25) is 0 Å². The van der Waals surface area contributed by atoms with Crippen molar-refractivity contribution in [2.45, 2.75) is 19.4 Å². The Labute approximate surface area is 132 Å². The quantitative estimate of drug-likeness (QED) is 0.879. The van der Waals surface area contributed by atoms with Crippen molar-refractivity contribution in [3.05, 3.63) is 28.9 Å². The predicted molar refractivity (Wildman–Crippen MR) is 85.4 cm³/mol. The maximum absolute atomic E-state index is 12.4. The van der Waals surface area contributed by atoms with Crippen LogP contribution in [-0.4, -0.2) is 47.3 Å². The molecule has 2 bridgehead atoms. The molecular formula is C16H17N3O2S. The van der Waals surface area contributed by atoms with E-state index in [9.17, 15) is 9.59 Å². The van der Waals surface area contributed by atoms with Gasteiger partial charge in [-0.1, -0.05) is 0 Å². The van der Waals surface area contributed by atoms with E-state index >= 15 is 0 Å². The second kappa shape index (κ2) is 5.14. The first kappa shape index (κ1) is 13.8. The highest BCUT2D eigenvalue weighted by Crippen LogP contribution is 2.28. The van der Waals surface area contributed by atoms with Crippen LogP contribution in [0, 0.1) is 5.92 Å². The topological polar surface area (TPSA) is 62.3 Å². The molecule has 2 unspecified atom stereocenters. The lowest BCUT2D eigenvalue weighted by Crippen LogP contribution is -2.43. The van der Waals surface area contributed by atoms with Crippen molar-refractivity contribution in [1.29, 1.82) is 0 Å². The van der Waals surface area contributed by atoms with Crippen LogP contribution < -0.4 is 5.32 Å². The second-order valence-electron chi connectivity index (χ2n) is 6.16. The maximum atomic E-state index is 12.4. The minimum Gasteiger partial charge on any atom is -0.346 e. The van der Waals surface area contributed by atoms with Gasteiger partial charge in [-0.05, 0) is 37.9 Å². The number of hydrogen-bond acceptors (Lipinski definition) is 5. The number of hydrogen-bond donors (Lipinski definition) is 1. The van der Waals surface area contributed by atoms with Gasteiger partial charge < -0.3 is 10.2 Å². The summed E-state index contributed by atoms with van der Waals surface area (Å²) in [5, 5.41) is 4.03. The molecule has 114 valence electrons. The van der Waals surface area contributed by atoms with Crippen molar-refractivity contribution < 1.29 is 9.59 Å². The summed E-state index contributed by atoms with van der Waals surface area (Å²) in [6.45, 7) is 4.76. The lowest BCUT2D eigenvalue weighted by Gasteiger charge is -2.22. The Morgan fingerprint density at radius 1 is 1.36 bits per heavy atom. The third-order valence-corrected chi connectivity index (χ3v) is 5.83. The highest BCUT2D eigenvalue weighted by Gasteiger charge is 2.38. The van der Waals surface area contributed by atoms with E-state index < -0.39 is 0 Å². The Bertz CT molecular complexity index is 770. The minimum absolute atomic E-state index is 0.0447. The summed E-state index contributed by atoms with van der Waals surface area (Å²) >= 11 is 1.41. The molecule has 6 heteroatoms. The molecule has 3 atom stereocenters. The number of rotatable bonds is 3. The van der Waals surface area contributed by atoms with E-state index in [1.165, 1.54) is 17.8 Å². The van der Waals surface area contributed by atoms with Crippen LogP contribution in [0.15, 0.2) is 18.3 Å². The van der Waals surface area contributed by atoms with E-state index in [-0.39, 0.29) is 17.7 Å². The number of amides is 1. The van der Waals surface area contributed by atoms with Crippen LogP contribution in [0.5, 0.6) is 0 Å². The van der Waals surface area contributed by atoms with Gasteiger partial charge in [0.05, 0.1) is 4.88 Å². The van der Waals surface area contributed by atoms with Crippen LogP contribution in [0.25, 0.3) is 10.1 Å². The summed E-state index contributed by atoms with van der Waals surface area (Å²) in [5.74, 6) is 0.514. The summed E-state index contributed by atoms with van der Waals surface area (Å²) in [7, 11) is 0. The third kappa shape index (κ3) is 2.32. The van der Waals surface area contributed by atoms with Crippen LogP contribution in [-0.2, 0) is 0 Å². The van der Waals surface area contributed by atoms with Crippen molar-refractivity contribution in [3.8, 4) is 0 Å². The summed E-state index contributed by atoms with van der Waals surface area (Å²) in [6.07, 6.45) is 2.85. The minimum atomic E-state index is -0.113. The molecular weight excluding hydrogens is 298 g/mol. The fourth-order valence-corrected chi connectivity index (χ4v) is 4.39. The average Bonchev–Trinajstić information content (AvgIpc) is 3.20. The SMILES string of the molecule is CC(=O)c1cc2cnc(C(=O)NC3CN4CC[C@H]3C4)cc2s1. The highest BCUT2D eigenvalue weighted by atomic mass is 32.1. The fraction of sp³-hybridized carbons (Fsp3) is 0.438. The summed E-state index contributed by atoms with van der Waals surface area (Å²) in [6, 6.07) is 3.87. The van der Waals surface area contributed by atoms with Gasteiger partial charge >= 0.3 is 0 Å². The predicted octanol–water partition coefficient (Wildman–Crippen LogP) is 1.93. The second-order valence-corrected chi connectivity index (χ2v) is 7.25. The van der Waals surface area contributed by atoms with E-state index in [0.29, 0.717) is 16.5 Å². The number of thiophene rings is 1. The summed E-state index contributed by atoms with van der Waals surface area (Å²) in [4.78, 5) is 31.2. The Kier molecular flexibility index (Phi) is 3.23. The van der Waals surface area contributed by atoms with Crippen LogP contribution in [0.3, 0.4) is 0 Å². The van der Waals surface area contributed by atoms with Gasteiger partial charge in [0.1, 0.15) is 5.69 Å². The van der Waals surface area contributed by atoms with Gasteiger partial charge in [0.25, 0.3) is 5.91 Å². The maximum Gasteiger partial charge on any atom is 0.270 e. The molecule has 2 aromatic rings. The molecule has 2 aromatic heterocycles. The number of aromatic nitrogens is 1. The number of nitrogens with zero attached hydrogens (tertiary/aromatic N) is 2. The number of piperidine rings is 1. The number of Topliss-reactive ketones (excluding diaryl/α,β-unsaturated/α-hetero) is 1. The van der Waals surface area contributed by atoms with Crippen LogP contribution in [0.1, 0.15) is 33.5 Å². The molecule has 1 N–H and O–H groups in total. The molecule has 5 nitrogen and oxygen atoms in total. The molecule has 0 aromatic carbocycles. The third-order valence-electron chi connectivity index (χ3n) is 4.63. The molecule has 2 aliphatic rings. The molecule has 0 radical (unpaired) electrons. The van der Waals surface area contributed by atoms with Crippen molar-refractivity contribution in [3.63, 3.8) is 0 Å². The number of carbonyl (C=O) groups excluding carboxylic acids is 2. The highest BCUT2D eigenvalue weighted by molar-refractivity contribution is 7.20. The molecule has 0 aliphatic carbocycles. The van der Waals surface area contributed by atoms with E-state index in [2.05, 4.69) is 15.2 Å². The van der Waals surface area contributed by atoms with Crippen LogP contribution >= 0.6 is 11.3 Å². The molecule has 2 fully saturated rings. The molecule has 4 rings (SSSR count). The van der Waals surface area contributed by atoms with Gasteiger partial charge in [-0.25, -0.2) is 0 Å². The zero-order chi connectivity index (χ0) is 15.3. The Morgan fingerprint density at radius 3 is 2.91 bits per heavy atom. The summed E-state index contributed by atoms with van der Waals surface area (Å²) in [5.41, 5.74) is 0.433. The first-order valence-electron chi connectivity index (χ1n) is 7.54. The molecule has 4 heterocycles. The first-order chi connectivity index (χ1) is 10.6. The molecule has 0 saturated carbocycles. The average molecular weight is 315 g/mol. The van der Waals surface area contributed by atoms with Crippen LogP contribution in [0.4, 0.5) is 0 Å². The Balaban J connectivity index is 1.55. The fourth-order valence-electron chi connectivity index (χ4n) is 3.42. The van der Waals surface area contributed by atoms with E-state index in [4.69, 9.17) is 0 Å². The van der Waals surface area contributed by atoms with Gasteiger partial charge in [0, 0.05) is 35.4 Å². The number of carbonyl (C=O) groups is 2. The molecule has 2 saturated heterocycles. The van der Waals surface area contributed by atoms with Crippen molar-refractivity contribution in [2.24, 2.45) is 5.92 Å². The van der Waals surface area contributed by atoms with Crippen molar-refractivity contribution in [2.75, 3.05) is 19.6 Å². The summed E-state index contributed by atoms with van der Waals surface area (Å²) < 4.78 is 0.932. The van der Waals surface area contributed by atoms with Gasteiger partial charge in [-0.2, -0.15) is 0 Å². The van der Waals surface area contributed by atoms with Crippen molar-refractivity contribution in [1.82, 2.24) is 15.2 Å². The zero-order valence-corrected chi connectivity index (χ0v) is 13.2. The standard InChI is InChI=1S/C16H17N3O2S/c1-9(20)14-4-11-6-17-12(5-15(11)22-14)16(21)18-13-8-19-3-2-10(13)7-19/h4-6,10,13H,2-3,7-8H2,1H3,(H,18,21)/t10-,13?/m0/s1. The first-order valence-corrected chi connectivity index (χ1v) is 8.35. The number of ketones is 1. The zero-order valence-electron chi connectivity index (χ0n) is 12.3. The Hall–Kier alpha value is -1.79. The number of fused-ring (bicyclic) bond motifs is 3. The molecule has 1 amide bonds. The Morgan fingerprint density at radius 2 is 2.23 bits per heavy atom. The molecule has 22 heavy (non-hydrogen) atoms. The largest absolute Gasteiger partial charge is 0.346 e. The van der Waals surface area contributed by atoms with Gasteiger partial charge in [0.2, 0.25) is 0 Å².